The van der Waals surface area contributed by atoms with Crippen molar-refractivity contribution in [2.45, 2.75) is 6.92 Å². The van der Waals surface area contributed by atoms with Crippen molar-refractivity contribution in [1.29, 1.82) is 5.26 Å². The topological polar surface area (TPSA) is 95.0 Å². The Balaban J connectivity index is 3.03. The Kier molecular flexibility index (Phi) is 5.51. The molecule has 0 fully saturated rings. The lowest BCUT2D eigenvalue weighted by atomic mass is 10.3. The van der Waals surface area contributed by atoms with Crippen molar-refractivity contribution in [3.05, 3.63) is 40.7 Å². The summed E-state index contributed by atoms with van der Waals surface area (Å²) in [6.45, 7) is 1.68. The molecular weight excluding hydrogens is 270 g/mol. The highest BCUT2D eigenvalue weighted by Gasteiger charge is 2.16. The summed E-state index contributed by atoms with van der Waals surface area (Å²) in [5.41, 5.74) is -0.177. The van der Waals surface area contributed by atoms with Gasteiger partial charge in [0.1, 0.15) is 6.07 Å². The number of ether oxygens (including phenoxy) is 1. The van der Waals surface area contributed by atoms with E-state index in [-0.39, 0.29) is 6.61 Å². The molecule has 0 radical (unpaired) electrons. The maximum atomic E-state index is 11.5. The lowest BCUT2D eigenvalue weighted by molar-refractivity contribution is -0.138. The molecule has 98 valence electrons. The molecule has 19 heavy (non-hydrogen) atoms. The van der Waals surface area contributed by atoms with E-state index in [2.05, 4.69) is 15.0 Å². The lowest BCUT2D eigenvalue weighted by Gasteiger charge is -2.00. The van der Waals surface area contributed by atoms with Crippen LogP contribution >= 0.6 is 11.6 Å². The number of aliphatic hydroxyl groups excluding tert-OH is 1. The molecule has 0 amide bonds. The highest BCUT2D eigenvalue weighted by molar-refractivity contribution is 6.30. The fourth-order valence-corrected chi connectivity index (χ4v) is 1.27. The predicted molar refractivity (Wildman–Crippen MR) is 67.9 cm³/mol. The number of halogens is 1. The van der Waals surface area contributed by atoms with Crippen LogP contribution in [0.3, 0.4) is 0 Å². The molecule has 0 heterocycles. The number of rotatable bonds is 4. The van der Waals surface area contributed by atoms with Crippen molar-refractivity contribution in [3.8, 4) is 6.07 Å². The van der Waals surface area contributed by atoms with Gasteiger partial charge in [0.2, 0.25) is 11.5 Å². The molecule has 0 aliphatic rings. The van der Waals surface area contributed by atoms with Crippen LogP contribution in [0.25, 0.3) is 0 Å². The zero-order valence-electron chi connectivity index (χ0n) is 10.00. The van der Waals surface area contributed by atoms with Crippen molar-refractivity contribution in [3.63, 3.8) is 0 Å². The maximum absolute atomic E-state index is 11.5. The van der Waals surface area contributed by atoms with E-state index < -0.39 is 17.4 Å². The van der Waals surface area contributed by atoms with E-state index in [1.807, 2.05) is 0 Å². The first-order valence-electron chi connectivity index (χ1n) is 5.26. The molecule has 0 unspecified atom stereocenters. The molecule has 0 saturated heterocycles. The van der Waals surface area contributed by atoms with Crippen molar-refractivity contribution >= 4 is 23.3 Å². The van der Waals surface area contributed by atoms with Gasteiger partial charge in [-0.15, -0.1) is 5.11 Å². The van der Waals surface area contributed by atoms with Crippen molar-refractivity contribution in [2.75, 3.05) is 6.61 Å². The molecule has 1 N–H and O–H groups in total. The monoisotopic (exact) mass is 279 g/mol. The molecule has 0 saturated carbocycles. The van der Waals surface area contributed by atoms with Crippen LogP contribution in [0, 0.1) is 11.3 Å². The van der Waals surface area contributed by atoms with Gasteiger partial charge in [0.15, 0.2) is 0 Å². The number of azo groups is 1. The normalized spacial score (nSPS) is 11.8. The fourth-order valence-electron chi connectivity index (χ4n) is 1.08. The van der Waals surface area contributed by atoms with Crippen molar-refractivity contribution in [1.82, 2.24) is 0 Å². The quantitative estimate of drug-likeness (QED) is 0.228. The van der Waals surface area contributed by atoms with E-state index >= 15 is 0 Å². The molecule has 0 aromatic heterocycles. The first kappa shape index (κ1) is 14.7. The number of hydrogen-bond acceptors (Lipinski definition) is 6. The van der Waals surface area contributed by atoms with Gasteiger partial charge in [-0.25, -0.2) is 4.79 Å². The third-order valence-electron chi connectivity index (χ3n) is 1.87. The van der Waals surface area contributed by atoms with Crippen LogP contribution < -0.4 is 0 Å². The van der Waals surface area contributed by atoms with Gasteiger partial charge in [-0.3, -0.25) is 0 Å². The molecule has 1 aromatic rings. The van der Waals surface area contributed by atoms with Gasteiger partial charge in [0.25, 0.3) is 0 Å². The number of aliphatic hydroxyl groups is 1. The summed E-state index contributed by atoms with van der Waals surface area (Å²) in [4.78, 5) is 11.5. The summed E-state index contributed by atoms with van der Waals surface area (Å²) in [6.07, 6.45) is 0. The number of carbonyl (C=O) groups excluding carboxylic acids is 1. The van der Waals surface area contributed by atoms with Crippen molar-refractivity contribution < 1.29 is 14.6 Å². The number of carbonyl (C=O) groups is 1. The van der Waals surface area contributed by atoms with Crippen LogP contribution in [0.5, 0.6) is 0 Å². The van der Waals surface area contributed by atoms with E-state index in [0.717, 1.165) is 0 Å². The van der Waals surface area contributed by atoms with Crippen LogP contribution in [-0.2, 0) is 9.53 Å². The molecule has 1 rings (SSSR count). The molecule has 1 aromatic carbocycles. The van der Waals surface area contributed by atoms with Gasteiger partial charge in [0, 0.05) is 5.02 Å². The molecule has 6 nitrogen and oxygen atoms in total. The van der Waals surface area contributed by atoms with Gasteiger partial charge < -0.3 is 9.84 Å². The number of allylic oxidation sites excluding steroid dienone is 1. The molecule has 0 aliphatic heterocycles. The SMILES string of the molecule is CCOC(=O)/C(N=Nc1cccc(Cl)c1)=C(/O)C#N. The van der Waals surface area contributed by atoms with E-state index in [9.17, 15) is 9.90 Å². The van der Waals surface area contributed by atoms with Crippen LogP contribution in [0.4, 0.5) is 5.69 Å². The molecular formula is C12H10ClN3O3. The van der Waals surface area contributed by atoms with Crippen molar-refractivity contribution in [2.24, 2.45) is 10.2 Å². The van der Waals surface area contributed by atoms with Crippen LogP contribution in [-0.4, -0.2) is 17.7 Å². The summed E-state index contributed by atoms with van der Waals surface area (Å²) in [5, 5.41) is 25.5. The molecule has 7 heteroatoms. The minimum Gasteiger partial charge on any atom is -0.498 e. The van der Waals surface area contributed by atoms with Gasteiger partial charge in [0.05, 0.1) is 12.3 Å². The zero-order chi connectivity index (χ0) is 14.3. The molecule has 0 atom stereocenters. The average molecular weight is 280 g/mol. The lowest BCUT2D eigenvalue weighted by Crippen LogP contribution is -2.08. The Morgan fingerprint density at radius 2 is 2.32 bits per heavy atom. The summed E-state index contributed by atoms with van der Waals surface area (Å²) in [6, 6.07) is 7.81. The second-order valence-corrected chi connectivity index (χ2v) is 3.65. The van der Waals surface area contributed by atoms with E-state index in [1.165, 1.54) is 12.1 Å². The minimum atomic E-state index is -0.924. The highest BCUT2D eigenvalue weighted by atomic mass is 35.5. The van der Waals surface area contributed by atoms with Gasteiger partial charge >= 0.3 is 5.97 Å². The van der Waals surface area contributed by atoms with Gasteiger partial charge in [-0.05, 0) is 25.1 Å². The third-order valence-corrected chi connectivity index (χ3v) is 2.11. The molecule has 0 spiro atoms. The van der Waals surface area contributed by atoms with Gasteiger partial charge in [-0.2, -0.15) is 10.4 Å². The van der Waals surface area contributed by atoms with Crippen LogP contribution in [0.15, 0.2) is 46.0 Å². The number of benzene rings is 1. The third kappa shape index (κ3) is 4.41. The van der Waals surface area contributed by atoms with Crippen LogP contribution in [0.2, 0.25) is 5.02 Å². The fraction of sp³-hybridized carbons (Fsp3) is 0.167. The largest absolute Gasteiger partial charge is 0.498 e. The minimum absolute atomic E-state index is 0.0910. The number of hydrogen-bond donors (Lipinski definition) is 1. The van der Waals surface area contributed by atoms with Crippen LogP contribution in [0.1, 0.15) is 6.92 Å². The summed E-state index contributed by atoms with van der Waals surface area (Å²) in [7, 11) is 0. The smallest absolute Gasteiger partial charge is 0.363 e. The first-order valence-corrected chi connectivity index (χ1v) is 5.64. The number of nitriles is 1. The Morgan fingerprint density at radius 3 is 2.89 bits per heavy atom. The Morgan fingerprint density at radius 1 is 1.58 bits per heavy atom. The molecule has 0 aliphatic carbocycles. The average Bonchev–Trinajstić information content (AvgIpc) is 2.39. The summed E-state index contributed by atoms with van der Waals surface area (Å²) < 4.78 is 4.65. The maximum Gasteiger partial charge on any atom is 0.363 e. The summed E-state index contributed by atoms with van der Waals surface area (Å²) >= 11 is 5.76. The number of esters is 1. The van der Waals surface area contributed by atoms with E-state index in [0.29, 0.717) is 10.7 Å². The van der Waals surface area contributed by atoms with E-state index in [1.54, 1.807) is 25.1 Å². The van der Waals surface area contributed by atoms with Gasteiger partial charge in [-0.1, -0.05) is 17.7 Å². The first-order chi connectivity index (χ1) is 9.08. The summed E-state index contributed by atoms with van der Waals surface area (Å²) in [5.74, 6) is -1.78. The standard InChI is InChI=1S/C12H10ClN3O3/c1-2-19-12(18)11(10(17)7-14)16-15-9-5-3-4-8(13)6-9/h3-6,17H,2H2,1H3/b11-10-,16-15?. The Labute approximate surface area is 114 Å². The predicted octanol–water partition coefficient (Wildman–Crippen LogP) is 3.28. The zero-order valence-corrected chi connectivity index (χ0v) is 10.8. The Hall–Kier alpha value is -2.39. The molecule has 0 bridgehead atoms. The number of nitrogens with zero attached hydrogens (tertiary/aromatic N) is 3. The Bertz CT molecular complexity index is 576. The second-order valence-electron chi connectivity index (χ2n) is 3.21. The second kappa shape index (κ2) is 7.13. The van der Waals surface area contributed by atoms with E-state index in [4.69, 9.17) is 16.9 Å². The highest BCUT2D eigenvalue weighted by Crippen LogP contribution is 2.19.